The zero-order valence-corrected chi connectivity index (χ0v) is 9.17. The van der Waals surface area contributed by atoms with Gasteiger partial charge in [-0.2, -0.15) is 0 Å². The molecule has 7 nitrogen and oxygen atoms in total. The van der Waals surface area contributed by atoms with E-state index in [4.69, 9.17) is 11.5 Å². The third-order valence-electron chi connectivity index (χ3n) is 2.07. The van der Waals surface area contributed by atoms with Crippen molar-refractivity contribution in [2.75, 3.05) is 5.73 Å². The lowest BCUT2D eigenvalue weighted by molar-refractivity contribution is -0.456. The van der Waals surface area contributed by atoms with Crippen LogP contribution in [0.25, 0.3) is 0 Å². The summed E-state index contributed by atoms with van der Waals surface area (Å²) in [5.41, 5.74) is 11.5. The monoisotopic (exact) mass is 249 g/mol. The Morgan fingerprint density at radius 3 is 2.83 bits per heavy atom. The average Bonchev–Trinajstić information content (AvgIpc) is 2.78. The molecule has 0 atom stereocenters. The van der Waals surface area contributed by atoms with E-state index in [2.05, 4.69) is 25.1 Å². The molecule has 18 heavy (non-hydrogen) atoms. The van der Waals surface area contributed by atoms with E-state index in [1.807, 2.05) is 0 Å². The summed E-state index contributed by atoms with van der Waals surface area (Å²) < 4.78 is 17.6. The van der Waals surface area contributed by atoms with Gasteiger partial charge in [0.2, 0.25) is 12.1 Å². The highest BCUT2D eigenvalue weighted by molar-refractivity contribution is 5.98. The molecule has 0 spiro atoms. The molecule has 0 bridgehead atoms. The topological polar surface area (TPSA) is 117 Å². The Hall–Kier alpha value is -2.77. The lowest BCUT2D eigenvalue weighted by Gasteiger charge is -1.90. The molecule has 0 radical (unpaired) electrons. The Kier molecular flexibility index (Phi) is 3.28. The molecule has 0 fully saturated rings. The molecule has 5 N–H and O–H groups in total. The highest BCUT2D eigenvalue weighted by Gasteiger charge is 2.11. The van der Waals surface area contributed by atoms with Crippen molar-refractivity contribution in [1.29, 1.82) is 0 Å². The highest BCUT2D eigenvalue weighted by Crippen LogP contribution is 2.02. The summed E-state index contributed by atoms with van der Waals surface area (Å²) in [6, 6.07) is 6.20. The zero-order chi connectivity index (χ0) is 13.0. The Labute approximate surface area is 101 Å². The van der Waals surface area contributed by atoms with Gasteiger partial charge < -0.3 is 11.5 Å². The molecular formula is C10H10FN6O+. The second-order valence-electron chi connectivity index (χ2n) is 3.29. The van der Waals surface area contributed by atoms with Crippen molar-refractivity contribution in [1.82, 2.24) is 10.3 Å². The third-order valence-corrected chi connectivity index (χ3v) is 2.07. The van der Waals surface area contributed by atoms with Crippen molar-refractivity contribution in [2.24, 2.45) is 10.8 Å². The lowest BCUT2D eigenvalue weighted by atomic mass is 10.2. The first-order chi connectivity index (χ1) is 8.68. The van der Waals surface area contributed by atoms with Crippen LogP contribution in [0.5, 0.6) is 0 Å². The molecular weight excluding hydrogens is 239 g/mol. The number of nitrogens with one attached hydrogen (secondary N) is 1. The van der Waals surface area contributed by atoms with Crippen LogP contribution in [0.2, 0.25) is 0 Å². The number of hydrogen-bond donors (Lipinski definition) is 3. The third kappa shape index (κ3) is 2.48. The molecule has 2 aromatic rings. The second-order valence-corrected chi connectivity index (χ2v) is 3.29. The maximum absolute atomic E-state index is 13.2. The predicted octanol–water partition coefficient (Wildman–Crippen LogP) is -1.39. The molecule has 0 saturated carbocycles. The fourth-order valence-corrected chi connectivity index (χ4v) is 1.19. The van der Waals surface area contributed by atoms with Crippen LogP contribution in [0.1, 0.15) is 11.3 Å². The number of nitrogens with zero attached hydrogens (tertiary/aromatic N) is 3. The standard InChI is InChI=1S/C10H9FN6O/c11-7-4-2-1-3-6(7)5-14-15-9(12)8-10(13)17-18-16-8/h1-5H,(H2,12,15)(H2,13,17)/p+1. The number of nitrogen functional groups attached to an aromatic ring is 1. The fourth-order valence-electron chi connectivity index (χ4n) is 1.19. The highest BCUT2D eigenvalue weighted by atomic mass is 19.1. The van der Waals surface area contributed by atoms with Crippen LogP contribution in [0.3, 0.4) is 0 Å². The second kappa shape index (κ2) is 5.04. The van der Waals surface area contributed by atoms with Crippen LogP contribution in [0.15, 0.2) is 34.0 Å². The van der Waals surface area contributed by atoms with E-state index >= 15 is 0 Å². The van der Waals surface area contributed by atoms with Crippen molar-refractivity contribution < 1.29 is 14.1 Å². The maximum Gasteiger partial charge on any atom is 0.224 e. The minimum absolute atomic E-state index is 0.0126. The van der Waals surface area contributed by atoms with Gasteiger partial charge in [-0.25, -0.2) is 9.02 Å². The van der Waals surface area contributed by atoms with Gasteiger partial charge in [0.25, 0.3) is 0 Å². The van der Waals surface area contributed by atoms with Crippen molar-refractivity contribution in [3.05, 3.63) is 41.3 Å². The van der Waals surface area contributed by atoms with Gasteiger partial charge in [0.05, 0.1) is 5.56 Å². The Balaban J connectivity index is 2.16. The summed E-state index contributed by atoms with van der Waals surface area (Å²) in [6.07, 6.45) is 1.35. The molecule has 2 rings (SSSR count). The minimum atomic E-state index is -0.374. The number of amidine groups is 1. The number of halogens is 1. The van der Waals surface area contributed by atoms with Crippen molar-refractivity contribution in [3.63, 3.8) is 0 Å². The van der Waals surface area contributed by atoms with Crippen LogP contribution in [-0.4, -0.2) is 22.4 Å². The van der Waals surface area contributed by atoms with Gasteiger partial charge >= 0.3 is 0 Å². The van der Waals surface area contributed by atoms with Gasteiger partial charge in [0, 0.05) is 5.10 Å². The van der Waals surface area contributed by atoms with E-state index in [0.717, 1.165) is 0 Å². The van der Waals surface area contributed by atoms with E-state index in [0.29, 0.717) is 5.56 Å². The molecule has 1 aromatic carbocycles. The molecule has 92 valence electrons. The lowest BCUT2D eigenvalue weighted by Crippen LogP contribution is -2.63. The quantitative estimate of drug-likeness (QED) is 0.352. The number of benzene rings is 1. The van der Waals surface area contributed by atoms with E-state index in [1.54, 1.807) is 18.2 Å². The van der Waals surface area contributed by atoms with E-state index in [-0.39, 0.29) is 23.2 Å². The Bertz CT molecular complexity index is 606. The normalized spacial score (nSPS) is 12.2. The number of anilines is 1. The SMILES string of the molecule is NC(=N[NH+]=Cc1ccccc1F)c1nonc1N. The van der Waals surface area contributed by atoms with Crippen molar-refractivity contribution in [2.45, 2.75) is 0 Å². The van der Waals surface area contributed by atoms with E-state index < -0.39 is 0 Å². The number of nitrogens with two attached hydrogens (primary N) is 2. The summed E-state index contributed by atoms with van der Waals surface area (Å²) >= 11 is 0. The van der Waals surface area contributed by atoms with Crippen LogP contribution < -0.4 is 16.6 Å². The largest absolute Gasteiger partial charge is 0.379 e. The molecule has 0 unspecified atom stereocenters. The van der Waals surface area contributed by atoms with Gasteiger partial charge in [-0.1, -0.05) is 12.1 Å². The maximum atomic E-state index is 13.2. The smallest absolute Gasteiger partial charge is 0.224 e. The fraction of sp³-hybridized carbons (Fsp3) is 0. The summed E-state index contributed by atoms with van der Waals surface area (Å²) in [5, 5.41) is 13.0. The van der Waals surface area contributed by atoms with Crippen LogP contribution >= 0.6 is 0 Å². The Morgan fingerprint density at radius 2 is 2.17 bits per heavy atom. The van der Waals surface area contributed by atoms with Crippen LogP contribution in [0.4, 0.5) is 10.2 Å². The number of hydrogen-bond acceptors (Lipinski definition) is 5. The molecule has 0 aliphatic carbocycles. The van der Waals surface area contributed by atoms with Gasteiger partial charge in [0.15, 0.2) is 11.5 Å². The average molecular weight is 249 g/mol. The first kappa shape index (κ1) is 11.7. The zero-order valence-electron chi connectivity index (χ0n) is 9.17. The number of aromatic nitrogens is 2. The van der Waals surface area contributed by atoms with Gasteiger partial charge in [-0.3, -0.25) is 0 Å². The van der Waals surface area contributed by atoms with Crippen molar-refractivity contribution in [3.8, 4) is 0 Å². The molecule has 0 amide bonds. The summed E-state index contributed by atoms with van der Waals surface area (Å²) in [5.74, 6) is -0.355. The number of hydrazone groups is 1. The first-order valence-corrected chi connectivity index (χ1v) is 4.93. The molecule has 8 heteroatoms. The Morgan fingerprint density at radius 1 is 1.39 bits per heavy atom. The van der Waals surface area contributed by atoms with Gasteiger partial charge in [-0.05, 0) is 22.4 Å². The summed E-state index contributed by atoms with van der Waals surface area (Å²) in [4.78, 5) is 0. The molecule has 1 aromatic heterocycles. The van der Waals surface area contributed by atoms with Gasteiger partial charge in [-0.15, -0.1) is 5.10 Å². The molecule has 0 saturated heterocycles. The van der Waals surface area contributed by atoms with Crippen molar-refractivity contribution >= 4 is 17.9 Å². The van der Waals surface area contributed by atoms with Crippen LogP contribution in [-0.2, 0) is 0 Å². The summed E-state index contributed by atoms with van der Waals surface area (Å²) in [6.45, 7) is 0. The predicted molar refractivity (Wildman–Crippen MR) is 62.0 cm³/mol. The summed E-state index contributed by atoms with van der Waals surface area (Å²) in [7, 11) is 0. The molecule has 1 heterocycles. The van der Waals surface area contributed by atoms with Gasteiger partial charge in [0.1, 0.15) is 5.82 Å². The van der Waals surface area contributed by atoms with E-state index in [9.17, 15) is 4.39 Å². The minimum Gasteiger partial charge on any atom is -0.379 e. The first-order valence-electron chi connectivity index (χ1n) is 4.93. The van der Waals surface area contributed by atoms with Crippen LogP contribution in [0, 0.1) is 5.82 Å². The number of rotatable bonds is 3. The molecule has 0 aliphatic rings. The molecule has 0 aliphatic heterocycles. The van der Waals surface area contributed by atoms with E-state index in [1.165, 1.54) is 12.3 Å².